The lowest BCUT2D eigenvalue weighted by atomic mass is 10.0. The average Bonchev–Trinajstić information content (AvgIpc) is 2.85. The number of para-hydroxylation sites is 2. The van der Waals surface area contributed by atoms with Crippen molar-refractivity contribution in [2.45, 2.75) is 12.5 Å². The molecule has 112 valence electrons. The van der Waals surface area contributed by atoms with Crippen LogP contribution in [0.2, 0.25) is 0 Å². The first-order valence-corrected chi connectivity index (χ1v) is 7.05. The second-order valence-electron chi connectivity index (χ2n) is 5.33. The van der Waals surface area contributed by atoms with E-state index in [0.29, 0.717) is 6.42 Å². The Bertz CT molecular complexity index is 822. The summed E-state index contributed by atoms with van der Waals surface area (Å²) in [6, 6.07) is 14.8. The van der Waals surface area contributed by atoms with Crippen LogP contribution in [0.3, 0.4) is 0 Å². The molecule has 1 aromatic heterocycles. The minimum absolute atomic E-state index is 0.318. The van der Waals surface area contributed by atoms with Crippen LogP contribution in [0.1, 0.15) is 5.56 Å². The highest BCUT2D eigenvalue weighted by Gasteiger charge is 2.13. The molecule has 0 aliphatic rings. The number of rotatable bonds is 4. The van der Waals surface area contributed by atoms with E-state index in [9.17, 15) is 4.79 Å². The van der Waals surface area contributed by atoms with E-state index in [1.54, 1.807) is 0 Å². The number of aryl methyl sites for hydroxylation is 1. The summed E-state index contributed by atoms with van der Waals surface area (Å²) in [4.78, 5) is 15.4. The number of fused-ring (bicyclic) bond motifs is 1. The quantitative estimate of drug-likeness (QED) is 0.773. The first-order valence-electron chi connectivity index (χ1n) is 7.05. The van der Waals surface area contributed by atoms with Crippen molar-refractivity contribution in [2.75, 3.05) is 0 Å². The highest BCUT2D eigenvalue weighted by atomic mass is 16.4. The highest BCUT2D eigenvalue weighted by molar-refractivity contribution is 5.80. The molecule has 0 radical (unpaired) electrons. The number of imidazole rings is 1. The van der Waals surface area contributed by atoms with Crippen LogP contribution in [-0.4, -0.2) is 26.7 Å². The van der Waals surface area contributed by atoms with Crippen molar-refractivity contribution >= 4 is 17.0 Å². The third-order valence-electron chi connectivity index (χ3n) is 3.77. The molecule has 2 aromatic carbocycles. The SMILES string of the molecule is Cn1c(-c2ccc(C[C@H](N)C(=O)O)cc2)nc2ccccc21. The number of hydrogen-bond acceptors (Lipinski definition) is 3. The predicted octanol–water partition coefficient (Wildman–Crippen LogP) is 2.19. The maximum Gasteiger partial charge on any atom is 0.320 e. The predicted molar refractivity (Wildman–Crippen MR) is 85.5 cm³/mol. The number of carboxylic acids is 1. The van der Waals surface area contributed by atoms with E-state index >= 15 is 0 Å². The highest BCUT2D eigenvalue weighted by Crippen LogP contribution is 2.23. The Morgan fingerprint density at radius 2 is 1.91 bits per heavy atom. The Morgan fingerprint density at radius 3 is 2.55 bits per heavy atom. The summed E-state index contributed by atoms with van der Waals surface area (Å²) < 4.78 is 2.05. The Hall–Kier alpha value is -2.66. The molecular formula is C17H17N3O2. The molecule has 3 N–H and O–H groups in total. The number of carboxylic acid groups (broad SMARTS) is 1. The lowest BCUT2D eigenvalue weighted by Crippen LogP contribution is -2.32. The molecule has 0 saturated heterocycles. The summed E-state index contributed by atoms with van der Waals surface area (Å²) in [6.07, 6.45) is 0.318. The van der Waals surface area contributed by atoms with E-state index in [1.165, 1.54) is 0 Å². The van der Waals surface area contributed by atoms with Crippen molar-refractivity contribution in [1.82, 2.24) is 9.55 Å². The molecule has 3 rings (SSSR count). The van der Waals surface area contributed by atoms with Gasteiger partial charge in [0.15, 0.2) is 0 Å². The van der Waals surface area contributed by atoms with Gasteiger partial charge in [-0.25, -0.2) is 4.98 Å². The molecule has 0 aliphatic carbocycles. The van der Waals surface area contributed by atoms with Gasteiger partial charge in [-0.15, -0.1) is 0 Å². The number of carbonyl (C=O) groups is 1. The smallest absolute Gasteiger partial charge is 0.320 e. The van der Waals surface area contributed by atoms with Crippen LogP contribution in [0.5, 0.6) is 0 Å². The van der Waals surface area contributed by atoms with Crippen LogP contribution >= 0.6 is 0 Å². The fraction of sp³-hybridized carbons (Fsp3) is 0.176. The minimum Gasteiger partial charge on any atom is -0.480 e. The zero-order valence-electron chi connectivity index (χ0n) is 12.2. The summed E-state index contributed by atoms with van der Waals surface area (Å²) in [5.41, 5.74) is 9.48. The zero-order valence-corrected chi connectivity index (χ0v) is 12.2. The number of hydrogen-bond donors (Lipinski definition) is 2. The topological polar surface area (TPSA) is 81.1 Å². The van der Waals surface area contributed by atoms with E-state index in [1.807, 2.05) is 60.1 Å². The monoisotopic (exact) mass is 295 g/mol. The van der Waals surface area contributed by atoms with Gasteiger partial charge < -0.3 is 15.4 Å². The first-order chi connectivity index (χ1) is 10.6. The second-order valence-corrected chi connectivity index (χ2v) is 5.33. The van der Waals surface area contributed by atoms with Gasteiger partial charge in [-0.1, -0.05) is 36.4 Å². The van der Waals surface area contributed by atoms with E-state index < -0.39 is 12.0 Å². The van der Waals surface area contributed by atoms with Gasteiger partial charge in [0.1, 0.15) is 11.9 Å². The fourth-order valence-corrected chi connectivity index (χ4v) is 2.53. The second kappa shape index (κ2) is 5.61. The molecule has 5 nitrogen and oxygen atoms in total. The van der Waals surface area contributed by atoms with Crippen molar-refractivity contribution in [3.63, 3.8) is 0 Å². The van der Waals surface area contributed by atoms with E-state index in [0.717, 1.165) is 28.0 Å². The van der Waals surface area contributed by atoms with Gasteiger partial charge in [0.05, 0.1) is 11.0 Å². The Morgan fingerprint density at radius 1 is 1.23 bits per heavy atom. The molecule has 3 aromatic rings. The number of nitrogens with zero attached hydrogens (tertiary/aromatic N) is 2. The van der Waals surface area contributed by atoms with Crippen molar-refractivity contribution in [1.29, 1.82) is 0 Å². The van der Waals surface area contributed by atoms with Gasteiger partial charge in [0.2, 0.25) is 0 Å². The van der Waals surface area contributed by atoms with Crippen LogP contribution in [0.15, 0.2) is 48.5 Å². The van der Waals surface area contributed by atoms with Crippen LogP contribution < -0.4 is 5.73 Å². The third kappa shape index (κ3) is 2.58. The van der Waals surface area contributed by atoms with Crippen molar-refractivity contribution < 1.29 is 9.90 Å². The Labute approximate surface area is 128 Å². The van der Waals surface area contributed by atoms with Gasteiger partial charge in [-0.2, -0.15) is 0 Å². The molecule has 1 heterocycles. The maximum atomic E-state index is 10.8. The van der Waals surface area contributed by atoms with Gasteiger partial charge in [-0.05, 0) is 24.1 Å². The Balaban J connectivity index is 1.91. The molecule has 1 atom stereocenters. The van der Waals surface area contributed by atoms with Crippen LogP contribution in [0, 0.1) is 0 Å². The van der Waals surface area contributed by atoms with E-state index in [2.05, 4.69) is 4.98 Å². The molecule has 0 unspecified atom stereocenters. The summed E-state index contributed by atoms with van der Waals surface area (Å²) >= 11 is 0. The number of aliphatic carboxylic acids is 1. The van der Waals surface area contributed by atoms with Crippen molar-refractivity contribution in [3.05, 3.63) is 54.1 Å². The zero-order chi connectivity index (χ0) is 15.7. The third-order valence-corrected chi connectivity index (χ3v) is 3.77. The Kier molecular flexibility index (Phi) is 3.65. The van der Waals surface area contributed by atoms with Crippen molar-refractivity contribution in [3.8, 4) is 11.4 Å². The lowest BCUT2D eigenvalue weighted by Gasteiger charge is -2.07. The van der Waals surface area contributed by atoms with Crippen molar-refractivity contribution in [2.24, 2.45) is 12.8 Å². The van der Waals surface area contributed by atoms with Crippen LogP contribution in [0.4, 0.5) is 0 Å². The first kappa shape index (κ1) is 14.3. The lowest BCUT2D eigenvalue weighted by molar-refractivity contribution is -0.138. The number of nitrogens with two attached hydrogens (primary N) is 1. The molecule has 22 heavy (non-hydrogen) atoms. The van der Waals surface area contributed by atoms with E-state index in [-0.39, 0.29) is 0 Å². The normalized spacial score (nSPS) is 12.5. The summed E-state index contributed by atoms with van der Waals surface area (Å²) in [7, 11) is 1.99. The molecule has 0 amide bonds. The van der Waals surface area contributed by atoms with E-state index in [4.69, 9.17) is 10.8 Å². The molecular weight excluding hydrogens is 278 g/mol. The van der Waals surface area contributed by atoms with Gasteiger partial charge >= 0.3 is 5.97 Å². The van der Waals surface area contributed by atoms with Gasteiger partial charge in [0, 0.05) is 12.6 Å². The summed E-state index contributed by atoms with van der Waals surface area (Å²) in [6.45, 7) is 0. The molecule has 0 bridgehead atoms. The number of aromatic nitrogens is 2. The molecule has 0 aliphatic heterocycles. The van der Waals surface area contributed by atoms with Gasteiger partial charge in [-0.3, -0.25) is 4.79 Å². The van der Waals surface area contributed by atoms with Crippen LogP contribution in [0.25, 0.3) is 22.4 Å². The van der Waals surface area contributed by atoms with Crippen LogP contribution in [-0.2, 0) is 18.3 Å². The average molecular weight is 295 g/mol. The standard InChI is InChI=1S/C17H17N3O2/c1-20-15-5-3-2-4-14(15)19-16(20)12-8-6-11(7-9-12)10-13(18)17(21)22/h2-9,13H,10,18H2,1H3,(H,21,22)/t13-/m0/s1. The molecule has 0 fully saturated rings. The summed E-state index contributed by atoms with van der Waals surface area (Å²) in [5, 5.41) is 8.85. The summed E-state index contributed by atoms with van der Waals surface area (Å²) in [5.74, 6) is -0.102. The van der Waals surface area contributed by atoms with Gasteiger partial charge in [0.25, 0.3) is 0 Å². The number of benzene rings is 2. The minimum atomic E-state index is -0.987. The molecule has 0 spiro atoms. The molecule has 0 saturated carbocycles. The largest absolute Gasteiger partial charge is 0.480 e. The fourth-order valence-electron chi connectivity index (χ4n) is 2.53. The molecule has 5 heteroatoms. The maximum absolute atomic E-state index is 10.8.